The first-order chi connectivity index (χ1) is 4.74. The lowest BCUT2D eigenvalue weighted by Gasteiger charge is -2.11. The van der Waals surface area contributed by atoms with Crippen molar-refractivity contribution in [3.63, 3.8) is 0 Å². The molecule has 1 amide bonds. The molecule has 0 aromatic rings. The Bertz CT molecular complexity index is 138. The van der Waals surface area contributed by atoms with E-state index in [4.69, 9.17) is 10.2 Å². The third kappa shape index (κ3) is 1.37. The van der Waals surface area contributed by atoms with Crippen molar-refractivity contribution in [3.8, 4) is 0 Å². The fourth-order valence-corrected chi connectivity index (χ4v) is 0.737. The summed E-state index contributed by atoms with van der Waals surface area (Å²) in [6.07, 6.45) is -2.12. The molecule has 1 aliphatic rings. The van der Waals surface area contributed by atoms with Gasteiger partial charge < -0.3 is 20.3 Å². The molecule has 0 bridgehead atoms. The van der Waals surface area contributed by atoms with Gasteiger partial charge in [-0.05, 0) is 0 Å². The van der Waals surface area contributed by atoms with Crippen molar-refractivity contribution in [2.24, 2.45) is 0 Å². The minimum absolute atomic E-state index is 0.264. The Morgan fingerprint density at radius 1 is 1.90 bits per heavy atom. The normalized spacial score (nSPS) is 27.4. The van der Waals surface area contributed by atoms with Gasteiger partial charge in [0.15, 0.2) is 0 Å². The van der Waals surface area contributed by atoms with Gasteiger partial charge in [0, 0.05) is 0 Å². The van der Waals surface area contributed by atoms with Crippen LogP contribution >= 0.6 is 0 Å². The molecule has 2 atom stereocenters. The molecule has 0 aliphatic carbocycles. The van der Waals surface area contributed by atoms with Crippen LogP contribution in [0.3, 0.4) is 0 Å². The molecule has 0 unspecified atom stereocenters. The van der Waals surface area contributed by atoms with E-state index in [1.165, 1.54) is 0 Å². The number of cyclic esters (lactones) is 1. The topological polar surface area (TPSA) is 78.8 Å². The second-order valence-corrected chi connectivity index (χ2v) is 2.07. The summed E-state index contributed by atoms with van der Waals surface area (Å²) >= 11 is 0. The van der Waals surface area contributed by atoms with Gasteiger partial charge in [-0.2, -0.15) is 0 Å². The number of rotatable bonds is 2. The highest BCUT2D eigenvalue weighted by Crippen LogP contribution is 2.03. The maximum absolute atomic E-state index is 10.3. The van der Waals surface area contributed by atoms with Gasteiger partial charge in [-0.25, -0.2) is 4.79 Å². The van der Waals surface area contributed by atoms with E-state index in [0.29, 0.717) is 0 Å². The molecule has 58 valence electrons. The zero-order chi connectivity index (χ0) is 7.56. The van der Waals surface area contributed by atoms with Crippen LogP contribution in [0.15, 0.2) is 0 Å². The molecule has 10 heavy (non-hydrogen) atoms. The van der Waals surface area contributed by atoms with E-state index >= 15 is 0 Å². The Kier molecular flexibility index (Phi) is 2.08. The predicted octanol–water partition coefficient (Wildman–Crippen LogP) is -1.55. The Balaban J connectivity index is 2.36. The molecular formula is C5H9NO4. The van der Waals surface area contributed by atoms with E-state index in [9.17, 15) is 4.79 Å². The van der Waals surface area contributed by atoms with Gasteiger partial charge in [-0.3, -0.25) is 0 Å². The van der Waals surface area contributed by atoms with Crippen molar-refractivity contribution < 1.29 is 19.7 Å². The highest BCUT2D eigenvalue weighted by Gasteiger charge is 2.28. The summed E-state index contributed by atoms with van der Waals surface area (Å²) in [4.78, 5) is 10.3. The first kappa shape index (κ1) is 7.30. The molecule has 0 aromatic carbocycles. The van der Waals surface area contributed by atoms with Crippen LogP contribution in [-0.4, -0.2) is 41.7 Å². The number of carbonyl (C=O) groups excluding carboxylic acids is 1. The number of hydrogen-bond donors (Lipinski definition) is 3. The molecule has 1 rings (SSSR count). The summed E-state index contributed by atoms with van der Waals surface area (Å²) in [6.45, 7) is -0.125. The van der Waals surface area contributed by atoms with Crippen molar-refractivity contribution in [3.05, 3.63) is 0 Å². The predicted molar refractivity (Wildman–Crippen MR) is 31.4 cm³/mol. The van der Waals surface area contributed by atoms with Gasteiger partial charge in [-0.15, -0.1) is 0 Å². The van der Waals surface area contributed by atoms with Crippen LogP contribution in [0, 0.1) is 0 Å². The highest BCUT2D eigenvalue weighted by atomic mass is 16.6. The highest BCUT2D eigenvalue weighted by molar-refractivity contribution is 5.69. The first-order valence-electron chi connectivity index (χ1n) is 2.97. The Morgan fingerprint density at radius 2 is 2.60 bits per heavy atom. The maximum Gasteiger partial charge on any atom is 0.407 e. The quantitative estimate of drug-likeness (QED) is 0.441. The van der Waals surface area contributed by atoms with Crippen LogP contribution in [0.1, 0.15) is 0 Å². The molecule has 3 N–H and O–H groups in total. The zero-order valence-corrected chi connectivity index (χ0v) is 5.28. The van der Waals surface area contributed by atoms with Crippen LogP contribution < -0.4 is 5.32 Å². The molecule has 1 fully saturated rings. The number of carbonyl (C=O) groups is 1. The molecule has 1 saturated heterocycles. The lowest BCUT2D eigenvalue weighted by atomic mass is 10.2. The van der Waals surface area contributed by atoms with Crippen LogP contribution in [0.5, 0.6) is 0 Å². The van der Waals surface area contributed by atoms with Crippen LogP contribution in [0.4, 0.5) is 4.79 Å². The Morgan fingerprint density at radius 3 is 3.00 bits per heavy atom. The molecule has 0 radical (unpaired) electrons. The van der Waals surface area contributed by atoms with Gasteiger partial charge in [0.05, 0.1) is 13.2 Å². The van der Waals surface area contributed by atoms with E-state index < -0.39 is 18.3 Å². The van der Waals surface area contributed by atoms with Crippen molar-refractivity contribution in [2.75, 3.05) is 13.2 Å². The fourth-order valence-electron chi connectivity index (χ4n) is 0.737. The minimum atomic E-state index is -0.973. The molecule has 5 nitrogen and oxygen atoms in total. The Hall–Kier alpha value is -0.810. The summed E-state index contributed by atoms with van der Waals surface area (Å²) in [5.41, 5.74) is 0. The standard InChI is InChI=1S/C5H9NO4/c7-2-3(8)4-1-6-5(9)10-4/h3-4,7-8H,1-2H2,(H,6,9)/t3-,4-/m0/s1. The lowest BCUT2D eigenvalue weighted by Crippen LogP contribution is -2.32. The monoisotopic (exact) mass is 147 g/mol. The number of amides is 1. The second-order valence-electron chi connectivity index (χ2n) is 2.07. The number of ether oxygens (including phenoxy) is 1. The lowest BCUT2D eigenvalue weighted by molar-refractivity contribution is -0.000677. The summed E-state index contributed by atoms with van der Waals surface area (Å²) in [5, 5.41) is 19.7. The third-order valence-electron chi connectivity index (χ3n) is 1.32. The SMILES string of the molecule is O=C1NC[C@@H]([C@@H](O)CO)O1. The zero-order valence-electron chi connectivity index (χ0n) is 5.28. The van der Waals surface area contributed by atoms with E-state index in [0.717, 1.165) is 0 Å². The molecule has 1 heterocycles. The molecule has 0 saturated carbocycles. The summed E-state index contributed by atoms with van der Waals surface area (Å²) in [5.74, 6) is 0. The summed E-state index contributed by atoms with van der Waals surface area (Å²) in [6, 6.07) is 0. The summed E-state index contributed by atoms with van der Waals surface area (Å²) < 4.78 is 4.55. The van der Waals surface area contributed by atoms with Crippen molar-refractivity contribution in [2.45, 2.75) is 12.2 Å². The number of aliphatic hydroxyl groups is 2. The average Bonchev–Trinajstić information content (AvgIpc) is 2.34. The van der Waals surface area contributed by atoms with E-state index in [-0.39, 0.29) is 13.2 Å². The maximum atomic E-state index is 10.3. The van der Waals surface area contributed by atoms with Crippen LogP contribution in [0.25, 0.3) is 0 Å². The average molecular weight is 147 g/mol. The van der Waals surface area contributed by atoms with Crippen molar-refractivity contribution in [1.29, 1.82) is 0 Å². The largest absolute Gasteiger partial charge is 0.441 e. The summed E-state index contributed by atoms with van der Waals surface area (Å²) in [7, 11) is 0. The van der Waals surface area contributed by atoms with Gasteiger partial charge >= 0.3 is 6.09 Å². The first-order valence-corrected chi connectivity index (χ1v) is 2.97. The number of hydrogen-bond acceptors (Lipinski definition) is 4. The molecule has 0 aromatic heterocycles. The molecular weight excluding hydrogens is 138 g/mol. The Labute approximate surface area is 57.6 Å². The smallest absolute Gasteiger partial charge is 0.407 e. The third-order valence-corrected chi connectivity index (χ3v) is 1.32. The van der Waals surface area contributed by atoms with Crippen LogP contribution in [0.2, 0.25) is 0 Å². The number of alkyl carbamates (subject to hydrolysis) is 1. The number of aliphatic hydroxyl groups excluding tert-OH is 2. The van der Waals surface area contributed by atoms with Crippen LogP contribution in [-0.2, 0) is 4.74 Å². The van der Waals surface area contributed by atoms with E-state index in [2.05, 4.69) is 10.1 Å². The molecule has 1 aliphatic heterocycles. The second kappa shape index (κ2) is 2.85. The van der Waals surface area contributed by atoms with Gasteiger partial charge in [-0.1, -0.05) is 0 Å². The minimum Gasteiger partial charge on any atom is -0.441 e. The van der Waals surface area contributed by atoms with Crippen molar-refractivity contribution in [1.82, 2.24) is 5.32 Å². The fraction of sp³-hybridized carbons (Fsp3) is 0.800. The van der Waals surface area contributed by atoms with E-state index in [1.54, 1.807) is 0 Å². The van der Waals surface area contributed by atoms with E-state index in [1.807, 2.05) is 0 Å². The molecule has 5 heteroatoms. The van der Waals surface area contributed by atoms with Gasteiger partial charge in [0.25, 0.3) is 0 Å². The molecule has 0 spiro atoms. The van der Waals surface area contributed by atoms with Gasteiger partial charge in [0.2, 0.25) is 0 Å². The van der Waals surface area contributed by atoms with Crippen molar-refractivity contribution >= 4 is 6.09 Å². The van der Waals surface area contributed by atoms with Gasteiger partial charge in [0.1, 0.15) is 12.2 Å². The number of nitrogens with one attached hydrogen (secondary N) is 1.